The van der Waals surface area contributed by atoms with Crippen LogP contribution in [-0.2, 0) is 0 Å². The molecule has 0 aromatic carbocycles. The van der Waals surface area contributed by atoms with Crippen molar-refractivity contribution in [2.45, 2.75) is 51.5 Å². The third-order valence-electron chi connectivity index (χ3n) is 5.50. The van der Waals surface area contributed by atoms with Crippen molar-refractivity contribution in [1.82, 2.24) is 5.32 Å². The SMILES string of the molecule is CC(C)C1C2CC3CC1CC(NC(N)=O)(C3)C2. The lowest BCUT2D eigenvalue weighted by atomic mass is 9.47. The van der Waals surface area contributed by atoms with Crippen molar-refractivity contribution >= 4 is 6.03 Å². The van der Waals surface area contributed by atoms with Gasteiger partial charge in [0.25, 0.3) is 0 Å². The highest BCUT2D eigenvalue weighted by molar-refractivity contribution is 5.72. The van der Waals surface area contributed by atoms with E-state index in [0.717, 1.165) is 29.6 Å². The van der Waals surface area contributed by atoms with Crippen molar-refractivity contribution in [2.24, 2.45) is 35.3 Å². The van der Waals surface area contributed by atoms with Gasteiger partial charge in [0.1, 0.15) is 0 Å². The summed E-state index contributed by atoms with van der Waals surface area (Å²) in [5, 5.41) is 3.09. The van der Waals surface area contributed by atoms with Crippen molar-refractivity contribution in [2.75, 3.05) is 0 Å². The molecule has 4 saturated carbocycles. The van der Waals surface area contributed by atoms with Crippen molar-refractivity contribution in [3.63, 3.8) is 0 Å². The molecule has 96 valence electrons. The molecule has 4 fully saturated rings. The zero-order valence-electron chi connectivity index (χ0n) is 10.9. The van der Waals surface area contributed by atoms with Crippen LogP contribution in [0.25, 0.3) is 0 Å². The number of primary amides is 1. The van der Waals surface area contributed by atoms with Crippen molar-refractivity contribution < 1.29 is 4.79 Å². The zero-order chi connectivity index (χ0) is 12.2. The first kappa shape index (κ1) is 11.4. The van der Waals surface area contributed by atoms with Crippen LogP contribution >= 0.6 is 0 Å². The van der Waals surface area contributed by atoms with E-state index in [2.05, 4.69) is 19.2 Å². The molecule has 0 radical (unpaired) electrons. The molecule has 3 nitrogen and oxygen atoms in total. The van der Waals surface area contributed by atoms with E-state index in [1.807, 2.05) is 0 Å². The monoisotopic (exact) mass is 236 g/mol. The predicted molar refractivity (Wildman–Crippen MR) is 67.3 cm³/mol. The molecule has 4 aliphatic rings. The average Bonchev–Trinajstić information content (AvgIpc) is 2.11. The Hall–Kier alpha value is -0.730. The minimum absolute atomic E-state index is 0.0632. The Morgan fingerprint density at radius 1 is 1.24 bits per heavy atom. The number of carbonyl (C=O) groups excluding carboxylic acids is 1. The Bertz CT molecular complexity index is 323. The molecule has 0 heterocycles. The topological polar surface area (TPSA) is 55.1 Å². The lowest BCUT2D eigenvalue weighted by Gasteiger charge is -2.61. The fraction of sp³-hybridized carbons (Fsp3) is 0.929. The summed E-state index contributed by atoms with van der Waals surface area (Å²) in [6.45, 7) is 4.72. The first-order valence-corrected chi connectivity index (χ1v) is 7.07. The Labute approximate surface area is 104 Å². The van der Waals surface area contributed by atoms with Gasteiger partial charge in [-0.3, -0.25) is 0 Å². The van der Waals surface area contributed by atoms with E-state index in [-0.39, 0.29) is 11.6 Å². The van der Waals surface area contributed by atoms with Crippen LogP contribution in [-0.4, -0.2) is 11.6 Å². The number of hydrogen-bond donors (Lipinski definition) is 2. The third-order valence-corrected chi connectivity index (χ3v) is 5.50. The van der Waals surface area contributed by atoms with Crippen LogP contribution in [0.3, 0.4) is 0 Å². The molecule has 3 N–H and O–H groups in total. The zero-order valence-corrected chi connectivity index (χ0v) is 10.9. The summed E-state index contributed by atoms with van der Waals surface area (Å²) < 4.78 is 0. The maximum Gasteiger partial charge on any atom is 0.312 e. The molecule has 4 aliphatic carbocycles. The minimum atomic E-state index is -0.326. The number of nitrogens with one attached hydrogen (secondary N) is 1. The number of rotatable bonds is 2. The smallest absolute Gasteiger partial charge is 0.312 e. The molecule has 0 saturated heterocycles. The number of urea groups is 1. The summed E-state index contributed by atoms with van der Waals surface area (Å²) in [7, 11) is 0. The van der Waals surface area contributed by atoms with Crippen LogP contribution in [0.1, 0.15) is 46.0 Å². The Kier molecular flexibility index (Phi) is 2.43. The Balaban J connectivity index is 1.84. The summed E-state index contributed by atoms with van der Waals surface area (Å²) >= 11 is 0. The fourth-order valence-corrected chi connectivity index (χ4v) is 5.57. The molecule has 4 rings (SSSR count). The van der Waals surface area contributed by atoms with E-state index >= 15 is 0 Å². The van der Waals surface area contributed by atoms with Gasteiger partial charge >= 0.3 is 6.03 Å². The molecule has 17 heavy (non-hydrogen) atoms. The minimum Gasteiger partial charge on any atom is -0.352 e. The summed E-state index contributed by atoms with van der Waals surface area (Å²) in [5.41, 5.74) is 5.42. The van der Waals surface area contributed by atoms with Crippen LogP contribution in [0, 0.1) is 29.6 Å². The lowest BCUT2D eigenvalue weighted by Crippen LogP contribution is -2.63. The van der Waals surface area contributed by atoms with E-state index < -0.39 is 0 Å². The second-order valence-corrected chi connectivity index (χ2v) is 7.06. The number of nitrogens with two attached hydrogens (primary N) is 1. The summed E-state index contributed by atoms with van der Waals surface area (Å²) in [6.07, 6.45) is 6.30. The van der Waals surface area contributed by atoms with Gasteiger partial charge in [0, 0.05) is 5.54 Å². The second-order valence-electron chi connectivity index (χ2n) is 7.06. The molecular weight excluding hydrogens is 212 g/mol. The number of amides is 2. The first-order chi connectivity index (χ1) is 7.99. The molecule has 4 bridgehead atoms. The maximum atomic E-state index is 11.2. The van der Waals surface area contributed by atoms with Gasteiger partial charge in [0.2, 0.25) is 0 Å². The molecule has 2 amide bonds. The van der Waals surface area contributed by atoms with Crippen LogP contribution in [0.5, 0.6) is 0 Å². The Morgan fingerprint density at radius 3 is 2.29 bits per heavy atom. The first-order valence-electron chi connectivity index (χ1n) is 7.07. The second kappa shape index (κ2) is 3.63. The van der Waals surface area contributed by atoms with Gasteiger partial charge in [-0.05, 0) is 61.7 Å². The summed E-state index contributed by atoms with van der Waals surface area (Å²) in [4.78, 5) is 11.2. The van der Waals surface area contributed by atoms with Gasteiger partial charge in [0.05, 0.1) is 0 Å². The van der Waals surface area contributed by atoms with E-state index in [0.29, 0.717) is 0 Å². The van der Waals surface area contributed by atoms with Crippen LogP contribution < -0.4 is 11.1 Å². The highest BCUT2D eigenvalue weighted by Crippen LogP contribution is 2.59. The predicted octanol–water partition coefficient (Wildman–Crippen LogP) is 2.51. The molecular formula is C14H24N2O. The van der Waals surface area contributed by atoms with Crippen molar-refractivity contribution in [3.8, 4) is 0 Å². The van der Waals surface area contributed by atoms with Crippen molar-refractivity contribution in [3.05, 3.63) is 0 Å². The van der Waals surface area contributed by atoms with E-state index in [1.165, 1.54) is 32.1 Å². The molecule has 3 heteroatoms. The lowest BCUT2D eigenvalue weighted by molar-refractivity contribution is -0.0772. The van der Waals surface area contributed by atoms with Crippen LogP contribution in [0.4, 0.5) is 4.79 Å². The Morgan fingerprint density at radius 2 is 1.82 bits per heavy atom. The van der Waals surface area contributed by atoms with E-state index in [4.69, 9.17) is 5.73 Å². The van der Waals surface area contributed by atoms with Crippen LogP contribution in [0.15, 0.2) is 0 Å². The van der Waals surface area contributed by atoms with Crippen molar-refractivity contribution in [1.29, 1.82) is 0 Å². The fourth-order valence-electron chi connectivity index (χ4n) is 5.57. The van der Waals surface area contributed by atoms with Crippen LogP contribution in [0.2, 0.25) is 0 Å². The van der Waals surface area contributed by atoms with Gasteiger partial charge < -0.3 is 11.1 Å². The standard InChI is InChI=1S/C14H24N2O/c1-8(2)12-10-3-9-4-11(12)7-14(5-9,6-10)16-13(15)17/h8-12H,3-7H2,1-2H3,(H3,15,16,17). The third kappa shape index (κ3) is 1.74. The molecule has 0 spiro atoms. The molecule has 0 aliphatic heterocycles. The van der Waals surface area contributed by atoms with Gasteiger partial charge in [0.15, 0.2) is 0 Å². The number of hydrogen-bond acceptors (Lipinski definition) is 1. The van der Waals surface area contributed by atoms with Gasteiger partial charge in [-0.1, -0.05) is 13.8 Å². The summed E-state index contributed by atoms with van der Waals surface area (Å²) in [5.74, 6) is 4.17. The van der Waals surface area contributed by atoms with E-state index in [1.54, 1.807) is 0 Å². The quantitative estimate of drug-likeness (QED) is 0.760. The molecule has 0 aromatic heterocycles. The summed E-state index contributed by atoms with van der Waals surface area (Å²) in [6, 6.07) is -0.326. The van der Waals surface area contributed by atoms with Gasteiger partial charge in [-0.25, -0.2) is 4.79 Å². The average molecular weight is 236 g/mol. The highest BCUT2D eigenvalue weighted by atomic mass is 16.2. The van der Waals surface area contributed by atoms with E-state index in [9.17, 15) is 4.79 Å². The highest BCUT2D eigenvalue weighted by Gasteiger charge is 2.56. The largest absolute Gasteiger partial charge is 0.352 e. The van der Waals surface area contributed by atoms with Gasteiger partial charge in [-0.15, -0.1) is 0 Å². The number of carbonyl (C=O) groups is 1. The normalized spacial score (nSPS) is 47.5. The molecule has 0 aromatic rings. The molecule has 2 atom stereocenters. The maximum absolute atomic E-state index is 11.2. The van der Waals surface area contributed by atoms with Gasteiger partial charge in [-0.2, -0.15) is 0 Å². The molecule has 2 unspecified atom stereocenters.